The number of aromatic nitrogens is 2. The summed E-state index contributed by atoms with van der Waals surface area (Å²) in [6.07, 6.45) is 0. The van der Waals surface area contributed by atoms with Crippen molar-refractivity contribution in [2.45, 2.75) is 52.7 Å². The van der Waals surface area contributed by atoms with Gasteiger partial charge < -0.3 is 14.7 Å². The second-order valence-electron chi connectivity index (χ2n) is 6.89. The fourth-order valence-corrected chi connectivity index (χ4v) is 3.01. The molecule has 1 aliphatic rings. The molecule has 0 radical (unpaired) electrons. The van der Waals surface area contributed by atoms with Crippen LogP contribution in [0, 0.1) is 13.8 Å². The van der Waals surface area contributed by atoms with Crippen molar-refractivity contribution < 1.29 is 14.6 Å². The largest absolute Gasteiger partial charge is 0.478 e. The van der Waals surface area contributed by atoms with E-state index in [2.05, 4.69) is 10.2 Å². The topological polar surface area (TPSA) is 75.5 Å². The molecule has 1 aromatic rings. The maximum absolute atomic E-state index is 11.6. The highest BCUT2D eigenvalue weighted by molar-refractivity contribution is 5.95. The molecule has 0 amide bonds. The molecule has 2 rings (SSSR count). The predicted molar refractivity (Wildman–Crippen MR) is 79.9 cm³/mol. The molecule has 116 valence electrons. The monoisotopic (exact) mass is 293 g/mol. The Balaban J connectivity index is 2.51. The minimum Gasteiger partial charge on any atom is -0.478 e. The lowest BCUT2D eigenvalue weighted by molar-refractivity contribution is -0.133. The Labute approximate surface area is 125 Å². The molecule has 0 saturated carbocycles. The van der Waals surface area contributed by atoms with Crippen molar-refractivity contribution in [2.75, 3.05) is 18.0 Å². The maximum Gasteiger partial charge on any atom is 0.339 e. The highest BCUT2D eigenvalue weighted by Crippen LogP contribution is 2.32. The second kappa shape index (κ2) is 4.94. The Morgan fingerprint density at radius 3 is 2.14 bits per heavy atom. The molecule has 6 heteroatoms. The number of aryl methyl sites for hydroxylation is 1. The Hall–Kier alpha value is -1.69. The summed E-state index contributed by atoms with van der Waals surface area (Å²) in [5.74, 6) is -0.544. The molecule has 6 nitrogen and oxygen atoms in total. The standard InChI is InChI=1S/C15H23N3O3/c1-9-10(2)16-17-12(11(9)13(19)20)18-7-14(3,4)21-15(5,6)8-18/h7-8H2,1-6H3,(H,19,20). The van der Waals surface area contributed by atoms with Gasteiger partial charge in [0.1, 0.15) is 5.56 Å². The third-order valence-corrected chi connectivity index (χ3v) is 3.65. The molecule has 0 atom stereocenters. The molecule has 0 unspecified atom stereocenters. The van der Waals surface area contributed by atoms with E-state index in [-0.39, 0.29) is 16.8 Å². The molecule has 1 aromatic heterocycles. The predicted octanol–water partition coefficient (Wildman–Crippen LogP) is 2.19. The first kappa shape index (κ1) is 15.7. The van der Waals surface area contributed by atoms with E-state index in [1.807, 2.05) is 32.6 Å². The number of morpholine rings is 1. The third-order valence-electron chi connectivity index (χ3n) is 3.65. The van der Waals surface area contributed by atoms with Crippen LogP contribution in [0.2, 0.25) is 0 Å². The van der Waals surface area contributed by atoms with Gasteiger partial charge in [-0.15, -0.1) is 5.10 Å². The van der Waals surface area contributed by atoms with Crippen molar-refractivity contribution in [3.8, 4) is 0 Å². The van der Waals surface area contributed by atoms with Gasteiger partial charge in [0.25, 0.3) is 0 Å². The third kappa shape index (κ3) is 3.15. The molecule has 0 bridgehead atoms. The van der Waals surface area contributed by atoms with Gasteiger partial charge in [0.2, 0.25) is 0 Å². The van der Waals surface area contributed by atoms with Crippen molar-refractivity contribution in [1.82, 2.24) is 10.2 Å². The molecule has 0 spiro atoms. The summed E-state index contributed by atoms with van der Waals surface area (Å²) in [7, 11) is 0. The van der Waals surface area contributed by atoms with E-state index in [9.17, 15) is 9.90 Å². The second-order valence-corrected chi connectivity index (χ2v) is 6.89. The van der Waals surface area contributed by atoms with E-state index in [1.165, 1.54) is 0 Å². The molecular formula is C15H23N3O3. The number of hydrogen-bond donors (Lipinski definition) is 1. The molecule has 1 aliphatic heterocycles. The molecule has 2 heterocycles. The molecule has 0 aliphatic carbocycles. The van der Waals surface area contributed by atoms with Gasteiger partial charge in [0.15, 0.2) is 5.82 Å². The number of aromatic carboxylic acids is 1. The van der Waals surface area contributed by atoms with Gasteiger partial charge in [-0.1, -0.05) is 0 Å². The number of hydrogen-bond acceptors (Lipinski definition) is 5. The summed E-state index contributed by atoms with van der Waals surface area (Å²) < 4.78 is 6.03. The summed E-state index contributed by atoms with van der Waals surface area (Å²) in [5, 5.41) is 17.8. The van der Waals surface area contributed by atoms with Gasteiger partial charge >= 0.3 is 5.97 Å². The minimum absolute atomic E-state index is 0.232. The number of nitrogens with zero attached hydrogens (tertiary/aromatic N) is 3. The van der Waals surface area contributed by atoms with Crippen LogP contribution in [0.4, 0.5) is 5.82 Å². The van der Waals surface area contributed by atoms with E-state index in [4.69, 9.17) is 4.74 Å². The van der Waals surface area contributed by atoms with Crippen LogP contribution in [-0.4, -0.2) is 45.6 Å². The SMILES string of the molecule is Cc1nnc(N2CC(C)(C)OC(C)(C)C2)c(C(=O)O)c1C. The molecule has 1 fully saturated rings. The van der Waals surface area contributed by atoms with Gasteiger partial charge in [-0.05, 0) is 47.1 Å². The van der Waals surface area contributed by atoms with E-state index in [0.29, 0.717) is 30.2 Å². The van der Waals surface area contributed by atoms with E-state index in [1.54, 1.807) is 13.8 Å². The Bertz CT molecular complexity index is 566. The molecular weight excluding hydrogens is 270 g/mol. The minimum atomic E-state index is -0.970. The average Bonchev–Trinajstić information content (AvgIpc) is 2.27. The van der Waals surface area contributed by atoms with E-state index < -0.39 is 5.97 Å². The highest BCUT2D eigenvalue weighted by atomic mass is 16.5. The molecule has 1 saturated heterocycles. The van der Waals surface area contributed by atoms with Crippen LogP contribution >= 0.6 is 0 Å². The molecule has 0 aromatic carbocycles. The van der Waals surface area contributed by atoms with Crippen LogP contribution in [-0.2, 0) is 4.74 Å². The number of carbonyl (C=O) groups is 1. The lowest BCUT2D eigenvalue weighted by atomic mass is 9.98. The fraction of sp³-hybridized carbons (Fsp3) is 0.667. The summed E-state index contributed by atoms with van der Waals surface area (Å²) in [4.78, 5) is 13.6. The van der Waals surface area contributed by atoms with Crippen molar-refractivity contribution in [2.24, 2.45) is 0 Å². The summed E-state index contributed by atoms with van der Waals surface area (Å²) in [6, 6.07) is 0. The number of ether oxygens (including phenoxy) is 1. The van der Waals surface area contributed by atoms with Gasteiger partial charge in [-0.25, -0.2) is 4.79 Å². The summed E-state index contributed by atoms with van der Waals surface area (Å²) >= 11 is 0. The van der Waals surface area contributed by atoms with Crippen LogP contribution in [0.1, 0.15) is 49.3 Å². The van der Waals surface area contributed by atoms with Crippen molar-refractivity contribution in [1.29, 1.82) is 0 Å². The normalized spacial score (nSPS) is 20.4. The Morgan fingerprint density at radius 1 is 1.14 bits per heavy atom. The Kier molecular flexibility index (Phi) is 3.70. The highest BCUT2D eigenvalue weighted by Gasteiger charge is 2.40. The van der Waals surface area contributed by atoms with Crippen molar-refractivity contribution in [3.05, 3.63) is 16.8 Å². The zero-order chi connectivity index (χ0) is 16.0. The van der Waals surface area contributed by atoms with Crippen LogP contribution < -0.4 is 4.90 Å². The van der Waals surface area contributed by atoms with Gasteiger partial charge in [-0.2, -0.15) is 5.10 Å². The lowest BCUT2D eigenvalue weighted by Crippen LogP contribution is -2.57. The average molecular weight is 293 g/mol. The zero-order valence-corrected chi connectivity index (χ0v) is 13.5. The summed E-state index contributed by atoms with van der Waals surface area (Å²) in [6.45, 7) is 12.7. The maximum atomic E-state index is 11.6. The van der Waals surface area contributed by atoms with Gasteiger partial charge in [0.05, 0.1) is 16.9 Å². The zero-order valence-electron chi connectivity index (χ0n) is 13.5. The van der Waals surface area contributed by atoms with Crippen molar-refractivity contribution in [3.63, 3.8) is 0 Å². The van der Waals surface area contributed by atoms with Crippen LogP contribution in [0.15, 0.2) is 0 Å². The van der Waals surface area contributed by atoms with E-state index in [0.717, 1.165) is 0 Å². The van der Waals surface area contributed by atoms with Crippen LogP contribution in [0.5, 0.6) is 0 Å². The first-order valence-electron chi connectivity index (χ1n) is 7.05. The number of rotatable bonds is 2. The van der Waals surface area contributed by atoms with E-state index >= 15 is 0 Å². The summed E-state index contributed by atoms with van der Waals surface area (Å²) in [5.41, 5.74) is 0.782. The molecule has 1 N–H and O–H groups in total. The number of anilines is 1. The van der Waals surface area contributed by atoms with Crippen LogP contribution in [0.25, 0.3) is 0 Å². The smallest absolute Gasteiger partial charge is 0.339 e. The van der Waals surface area contributed by atoms with Crippen LogP contribution in [0.3, 0.4) is 0 Å². The fourth-order valence-electron chi connectivity index (χ4n) is 3.01. The van der Waals surface area contributed by atoms with Gasteiger partial charge in [-0.3, -0.25) is 0 Å². The first-order valence-corrected chi connectivity index (χ1v) is 7.05. The number of carboxylic acids is 1. The lowest BCUT2D eigenvalue weighted by Gasteiger charge is -2.47. The van der Waals surface area contributed by atoms with Gasteiger partial charge in [0, 0.05) is 13.1 Å². The Morgan fingerprint density at radius 2 is 1.67 bits per heavy atom. The quantitative estimate of drug-likeness (QED) is 0.900. The molecule has 21 heavy (non-hydrogen) atoms. The number of carboxylic acid groups (broad SMARTS) is 1. The van der Waals surface area contributed by atoms with Crippen molar-refractivity contribution >= 4 is 11.8 Å². The first-order chi connectivity index (χ1) is 9.52.